The molecule has 27 heavy (non-hydrogen) atoms. The number of carbonyl (C=O) groups is 1. The van der Waals surface area contributed by atoms with Crippen molar-refractivity contribution in [1.82, 2.24) is 5.48 Å². The maximum absolute atomic E-state index is 13.9. The van der Waals surface area contributed by atoms with Crippen molar-refractivity contribution in [3.8, 4) is 0 Å². The molecule has 1 aromatic carbocycles. The fourth-order valence-corrected chi connectivity index (χ4v) is 2.02. The predicted octanol–water partition coefficient (Wildman–Crippen LogP) is 1.48. The van der Waals surface area contributed by atoms with E-state index in [1.54, 1.807) is 0 Å². The van der Waals surface area contributed by atoms with Crippen LogP contribution in [0.1, 0.15) is 17.5 Å². The zero-order valence-electron chi connectivity index (χ0n) is 13.2. The second-order valence-corrected chi connectivity index (χ2v) is 5.15. The van der Waals surface area contributed by atoms with Crippen molar-refractivity contribution in [3.63, 3.8) is 0 Å². The van der Waals surface area contributed by atoms with Gasteiger partial charge in [0.25, 0.3) is 0 Å². The number of benzene rings is 1. The average molecular weight is 408 g/mol. The largest absolute Gasteiger partial charge is 0.514 e. The summed E-state index contributed by atoms with van der Waals surface area (Å²) < 4.78 is 110. The van der Waals surface area contributed by atoms with Gasteiger partial charge >= 0.3 is 31.8 Å². The van der Waals surface area contributed by atoms with Crippen LogP contribution >= 0.6 is 0 Å². The molecule has 0 heterocycles. The number of rotatable bonds is 9. The van der Waals surface area contributed by atoms with E-state index in [2.05, 4.69) is 4.76 Å². The van der Waals surface area contributed by atoms with Crippen LogP contribution in [0.15, 0.2) is 18.2 Å². The molecule has 1 amide bonds. The lowest BCUT2D eigenvalue weighted by Crippen LogP contribution is -2.47. The minimum Gasteiger partial charge on any atom is -0.422 e. The van der Waals surface area contributed by atoms with Gasteiger partial charge in [-0.15, -0.1) is 0 Å². The van der Waals surface area contributed by atoms with Crippen LogP contribution in [-0.4, -0.2) is 37.4 Å². The molecule has 0 fully saturated rings. The molecule has 152 valence electrons. The van der Waals surface area contributed by atoms with Gasteiger partial charge in [0.15, 0.2) is 0 Å². The monoisotopic (exact) mass is 408 g/mol. The van der Waals surface area contributed by atoms with E-state index < -0.39 is 54.3 Å². The number of halogens is 8. The van der Waals surface area contributed by atoms with Crippen LogP contribution < -0.4 is 16.7 Å². The van der Waals surface area contributed by atoms with Crippen molar-refractivity contribution < 1.29 is 49.7 Å². The van der Waals surface area contributed by atoms with Crippen LogP contribution in [0.4, 0.5) is 35.1 Å². The minimum atomic E-state index is -5.34. The van der Waals surface area contributed by atoms with Crippen LogP contribution in [0.3, 0.4) is 0 Å². The van der Waals surface area contributed by atoms with Gasteiger partial charge in [0.1, 0.15) is 0 Å². The van der Waals surface area contributed by atoms with Crippen LogP contribution in [0, 0.1) is 0 Å². The molecule has 0 saturated heterocycles. The van der Waals surface area contributed by atoms with Crippen LogP contribution in [0.25, 0.3) is 0 Å². The predicted molar refractivity (Wildman–Crippen MR) is 76.7 cm³/mol. The molecule has 0 spiro atoms. The molecule has 5 nitrogen and oxygen atoms in total. The fourth-order valence-electron chi connectivity index (χ4n) is 2.02. The first kappa shape index (κ1) is 23.1. The molecule has 0 aliphatic heterocycles. The summed E-state index contributed by atoms with van der Waals surface area (Å²) in [6, 6.07) is 1.14. The highest BCUT2D eigenvalue weighted by molar-refractivity contribution is 6.60. The van der Waals surface area contributed by atoms with E-state index in [1.807, 2.05) is 0 Å². The summed E-state index contributed by atoms with van der Waals surface area (Å²) in [5.41, 5.74) is 0.875. The maximum atomic E-state index is 13.9. The number of hydrogen-bond acceptors (Lipinski definition) is 4. The molecule has 0 aromatic heterocycles. The smallest absolute Gasteiger partial charge is 0.422 e. The molecule has 0 aliphatic rings. The SMILES string of the molecule is NCCC(=O)NOB(O)c1cccc(C(F)(F)C(F)F)c1C(F)(F)C(F)F. The van der Waals surface area contributed by atoms with Crippen molar-refractivity contribution in [2.75, 3.05) is 6.54 Å². The van der Waals surface area contributed by atoms with Gasteiger partial charge in [-0.05, 0) is 5.46 Å². The van der Waals surface area contributed by atoms with Gasteiger partial charge in [-0.2, -0.15) is 17.6 Å². The quantitative estimate of drug-likeness (QED) is 0.329. The van der Waals surface area contributed by atoms with Crippen molar-refractivity contribution in [2.45, 2.75) is 31.1 Å². The third kappa shape index (κ3) is 5.08. The topological polar surface area (TPSA) is 84.6 Å². The number of alkyl halides is 8. The van der Waals surface area contributed by atoms with Gasteiger partial charge in [-0.1, -0.05) is 18.2 Å². The molecule has 0 atom stereocenters. The first-order valence-corrected chi connectivity index (χ1v) is 7.15. The summed E-state index contributed by atoms with van der Waals surface area (Å²) in [6.07, 6.45) is -9.40. The fraction of sp³-hybridized carbons (Fsp3) is 0.462. The van der Waals surface area contributed by atoms with Crippen LogP contribution in [-0.2, 0) is 21.4 Å². The van der Waals surface area contributed by atoms with E-state index in [0.717, 1.165) is 0 Å². The highest BCUT2D eigenvalue weighted by Gasteiger charge is 2.54. The Labute approximate surface area is 147 Å². The molecule has 14 heteroatoms. The average Bonchev–Trinajstić information content (AvgIpc) is 2.58. The lowest BCUT2D eigenvalue weighted by Gasteiger charge is -2.27. The Balaban J connectivity index is 3.46. The Morgan fingerprint density at radius 3 is 2.19 bits per heavy atom. The van der Waals surface area contributed by atoms with Crippen LogP contribution in [0.2, 0.25) is 0 Å². The molecule has 1 aromatic rings. The van der Waals surface area contributed by atoms with E-state index in [1.165, 1.54) is 5.48 Å². The number of carbonyl (C=O) groups excluding carboxylic acids is 1. The van der Waals surface area contributed by atoms with Crippen molar-refractivity contribution >= 4 is 18.5 Å². The number of nitrogens with one attached hydrogen (secondary N) is 1. The number of hydroxylamine groups is 1. The normalized spacial score (nSPS) is 12.6. The summed E-state index contributed by atoms with van der Waals surface area (Å²) >= 11 is 0. The number of amides is 1. The van der Waals surface area contributed by atoms with Crippen LogP contribution in [0.5, 0.6) is 0 Å². The lowest BCUT2D eigenvalue weighted by atomic mass is 9.73. The molecule has 0 unspecified atom stereocenters. The van der Waals surface area contributed by atoms with Gasteiger partial charge < -0.3 is 10.8 Å². The first-order chi connectivity index (χ1) is 12.4. The van der Waals surface area contributed by atoms with Gasteiger partial charge in [0.05, 0.1) is 0 Å². The molecular formula is C13H13BF8N2O3. The molecule has 0 aliphatic carbocycles. The Kier molecular flexibility index (Phi) is 7.57. The summed E-state index contributed by atoms with van der Waals surface area (Å²) in [5.74, 6) is -11.5. The van der Waals surface area contributed by atoms with Gasteiger partial charge in [0, 0.05) is 24.1 Å². The summed E-state index contributed by atoms with van der Waals surface area (Å²) in [4.78, 5) is 11.2. The van der Waals surface area contributed by atoms with Crippen molar-refractivity contribution in [3.05, 3.63) is 29.3 Å². The van der Waals surface area contributed by atoms with E-state index in [4.69, 9.17) is 5.73 Å². The molecule has 4 N–H and O–H groups in total. The molecular weight excluding hydrogens is 395 g/mol. The summed E-state index contributed by atoms with van der Waals surface area (Å²) in [7, 11) is -2.64. The van der Waals surface area contributed by atoms with E-state index >= 15 is 0 Å². The Bertz CT molecular complexity index is 662. The van der Waals surface area contributed by atoms with E-state index in [0.29, 0.717) is 12.1 Å². The molecule has 1 rings (SSSR count). The van der Waals surface area contributed by atoms with Crippen molar-refractivity contribution in [1.29, 1.82) is 0 Å². The zero-order chi connectivity index (χ0) is 21.0. The highest BCUT2D eigenvalue weighted by atomic mass is 19.3. The molecule has 0 saturated carbocycles. The maximum Gasteiger partial charge on any atom is 0.514 e. The van der Waals surface area contributed by atoms with E-state index in [9.17, 15) is 44.9 Å². The standard InChI is InChI=1S/C13H13BF8N2O3/c15-10(16)12(19,20)6-2-1-3-7(9(6)13(21,22)11(17)18)14(26)27-24-8(25)4-5-23/h1-3,10-11,26H,4-5,23H2,(H,24,25). The van der Waals surface area contributed by atoms with Crippen molar-refractivity contribution in [2.24, 2.45) is 5.73 Å². The summed E-state index contributed by atoms with van der Waals surface area (Å²) in [6.45, 7) is -0.171. The Morgan fingerprint density at radius 2 is 1.70 bits per heavy atom. The molecule has 0 radical (unpaired) electrons. The summed E-state index contributed by atoms with van der Waals surface area (Å²) in [5, 5.41) is 9.71. The third-order valence-electron chi connectivity index (χ3n) is 3.26. The number of hydrogen-bond donors (Lipinski definition) is 3. The Hall–Kier alpha value is -1.93. The van der Waals surface area contributed by atoms with Gasteiger partial charge in [0.2, 0.25) is 5.91 Å². The second kappa shape index (κ2) is 8.84. The zero-order valence-corrected chi connectivity index (χ0v) is 13.2. The molecule has 0 bridgehead atoms. The second-order valence-electron chi connectivity index (χ2n) is 5.15. The Morgan fingerprint density at radius 1 is 1.15 bits per heavy atom. The van der Waals surface area contributed by atoms with Gasteiger partial charge in [-0.3, -0.25) is 9.55 Å². The van der Waals surface area contributed by atoms with E-state index in [-0.39, 0.29) is 19.0 Å². The minimum absolute atomic E-state index is 0.0982. The number of nitrogens with two attached hydrogens (primary N) is 1. The van der Waals surface area contributed by atoms with Gasteiger partial charge in [-0.25, -0.2) is 23.0 Å². The third-order valence-corrected chi connectivity index (χ3v) is 3.26. The first-order valence-electron chi connectivity index (χ1n) is 7.15. The highest BCUT2D eigenvalue weighted by Crippen LogP contribution is 2.43. The lowest BCUT2D eigenvalue weighted by molar-refractivity contribution is -0.153.